The summed E-state index contributed by atoms with van der Waals surface area (Å²) in [6, 6.07) is 7.24. The van der Waals surface area contributed by atoms with Crippen LogP contribution in [0.15, 0.2) is 36.4 Å². The number of phenolic OH excluding ortho intramolecular Hbond substituents is 1. The highest BCUT2D eigenvalue weighted by Gasteiger charge is 2.35. The second kappa shape index (κ2) is 7.59. The molecule has 0 radical (unpaired) electrons. The van der Waals surface area contributed by atoms with Crippen molar-refractivity contribution >= 4 is 11.7 Å². The fourth-order valence-corrected chi connectivity index (χ4v) is 2.86. The maximum atomic E-state index is 13.5. The lowest BCUT2D eigenvalue weighted by molar-refractivity contribution is -0.138. The lowest BCUT2D eigenvalue weighted by Crippen LogP contribution is -2.37. The van der Waals surface area contributed by atoms with E-state index in [0.717, 1.165) is 29.5 Å². The second-order valence-electron chi connectivity index (χ2n) is 6.66. The quantitative estimate of drug-likeness (QED) is 0.402. The molecular formula is C19H20F3N3O3. The number of urea groups is 1. The van der Waals surface area contributed by atoms with E-state index in [2.05, 4.69) is 5.32 Å². The number of halogens is 3. The van der Waals surface area contributed by atoms with Gasteiger partial charge in [0.1, 0.15) is 18.1 Å². The third-order valence-corrected chi connectivity index (χ3v) is 4.43. The van der Waals surface area contributed by atoms with Crippen LogP contribution >= 0.6 is 0 Å². The first-order valence-electron chi connectivity index (χ1n) is 8.61. The van der Waals surface area contributed by atoms with Gasteiger partial charge in [-0.15, -0.1) is 0 Å². The maximum absolute atomic E-state index is 13.5. The Morgan fingerprint density at radius 3 is 2.64 bits per heavy atom. The van der Waals surface area contributed by atoms with Gasteiger partial charge in [-0.1, -0.05) is 6.07 Å². The van der Waals surface area contributed by atoms with Gasteiger partial charge in [0.05, 0.1) is 5.56 Å². The van der Waals surface area contributed by atoms with E-state index in [1.807, 2.05) is 0 Å². The number of aromatic hydroxyl groups is 1. The van der Waals surface area contributed by atoms with Gasteiger partial charge in [-0.05, 0) is 49.1 Å². The van der Waals surface area contributed by atoms with Crippen molar-refractivity contribution in [2.24, 2.45) is 5.84 Å². The van der Waals surface area contributed by atoms with Gasteiger partial charge in [0.15, 0.2) is 0 Å². The molecule has 0 bridgehead atoms. The summed E-state index contributed by atoms with van der Waals surface area (Å²) in [5.41, 5.74) is -0.391. The maximum Gasteiger partial charge on any atom is 0.416 e. The molecule has 28 heavy (non-hydrogen) atoms. The van der Waals surface area contributed by atoms with Crippen molar-refractivity contribution in [3.8, 4) is 11.5 Å². The highest BCUT2D eigenvalue weighted by Crippen LogP contribution is 2.46. The molecule has 3 rings (SSSR count). The summed E-state index contributed by atoms with van der Waals surface area (Å²) in [5.74, 6) is 6.05. The smallest absolute Gasteiger partial charge is 0.416 e. The Hall–Kier alpha value is -2.94. The van der Waals surface area contributed by atoms with E-state index in [1.165, 1.54) is 31.3 Å². The molecule has 0 atom stereocenters. The highest BCUT2D eigenvalue weighted by atomic mass is 19.4. The number of hydrogen-bond donors (Lipinski definition) is 3. The van der Waals surface area contributed by atoms with Crippen molar-refractivity contribution < 1.29 is 27.8 Å². The molecule has 6 nitrogen and oxygen atoms in total. The Labute approximate surface area is 159 Å². The fourth-order valence-electron chi connectivity index (χ4n) is 2.86. The number of anilines is 1. The minimum atomic E-state index is -4.62. The summed E-state index contributed by atoms with van der Waals surface area (Å²) in [6.45, 7) is -0.413. The molecule has 2 aromatic carbocycles. The average Bonchev–Trinajstić information content (AvgIpc) is 3.45. The zero-order chi connectivity index (χ0) is 20.5. The number of nitrogens with zero attached hydrogens (tertiary/aromatic N) is 1. The first-order chi connectivity index (χ1) is 13.2. The molecule has 0 heterocycles. The van der Waals surface area contributed by atoms with Crippen molar-refractivity contribution in [2.75, 3.05) is 12.4 Å². The molecule has 0 aliphatic heterocycles. The van der Waals surface area contributed by atoms with Crippen molar-refractivity contribution in [3.63, 3.8) is 0 Å². The van der Waals surface area contributed by atoms with E-state index >= 15 is 0 Å². The van der Waals surface area contributed by atoms with E-state index in [9.17, 15) is 23.1 Å². The number of hydrazine groups is 1. The minimum absolute atomic E-state index is 0.0381. The van der Waals surface area contributed by atoms with Gasteiger partial charge < -0.3 is 15.2 Å². The second-order valence-corrected chi connectivity index (χ2v) is 6.66. The molecule has 150 valence electrons. The predicted molar refractivity (Wildman–Crippen MR) is 96.8 cm³/mol. The number of amides is 2. The van der Waals surface area contributed by atoms with Gasteiger partial charge in [-0.2, -0.15) is 13.2 Å². The molecule has 0 saturated heterocycles. The van der Waals surface area contributed by atoms with E-state index < -0.39 is 24.4 Å². The molecule has 0 unspecified atom stereocenters. The number of hydrogen-bond acceptors (Lipinski definition) is 4. The third-order valence-electron chi connectivity index (χ3n) is 4.43. The zero-order valence-corrected chi connectivity index (χ0v) is 15.1. The van der Waals surface area contributed by atoms with Crippen molar-refractivity contribution in [1.82, 2.24) is 5.01 Å². The standard InChI is InChI=1S/C19H20F3N3O3/c1-25(23)18(27)24-16-4-2-3-15(19(20,21)22)14(16)10-28-17-8-7-12(26)9-13(17)11-5-6-11/h2-4,7-9,11,26H,5-6,10,23H2,1H3,(H,24,27). The van der Waals surface area contributed by atoms with E-state index in [-0.39, 0.29) is 22.9 Å². The monoisotopic (exact) mass is 395 g/mol. The summed E-state index contributed by atoms with van der Waals surface area (Å²) >= 11 is 0. The van der Waals surface area contributed by atoms with Crippen LogP contribution in [0.1, 0.15) is 35.4 Å². The Balaban J connectivity index is 1.92. The van der Waals surface area contributed by atoms with Crippen LogP contribution < -0.4 is 15.9 Å². The third kappa shape index (κ3) is 4.48. The molecule has 0 spiro atoms. The fraction of sp³-hybridized carbons (Fsp3) is 0.316. The molecule has 1 aliphatic carbocycles. The van der Waals surface area contributed by atoms with Gasteiger partial charge in [0.25, 0.3) is 0 Å². The average molecular weight is 395 g/mol. The van der Waals surface area contributed by atoms with Crippen LogP contribution in [0.2, 0.25) is 0 Å². The van der Waals surface area contributed by atoms with E-state index in [1.54, 1.807) is 6.07 Å². The molecule has 2 aromatic rings. The van der Waals surface area contributed by atoms with Gasteiger partial charge in [-0.25, -0.2) is 10.6 Å². The van der Waals surface area contributed by atoms with Gasteiger partial charge in [0.2, 0.25) is 0 Å². The van der Waals surface area contributed by atoms with E-state index in [0.29, 0.717) is 5.75 Å². The minimum Gasteiger partial charge on any atom is -0.508 e. The lowest BCUT2D eigenvalue weighted by atomic mass is 10.0. The number of carbonyl (C=O) groups is 1. The Morgan fingerprint density at radius 1 is 1.32 bits per heavy atom. The highest BCUT2D eigenvalue weighted by molar-refractivity contribution is 5.89. The van der Waals surface area contributed by atoms with Crippen molar-refractivity contribution in [1.29, 1.82) is 0 Å². The van der Waals surface area contributed by atoms with Crippen LogP contribution in [0.25, 0.3) is 0 Å². The molecule has 1 aliphatic rings. The van der Waals surface area contributed by atoms with Crippen LogP contribution in [0, 0.1) is 0 Å². The molecule has 4 N–H and O–H groups in total. The summed E-state index contributed by atoms with van der Waals surface area (Å²) in [7, 11) is 1.28. The largest absolute Gasteiger partial charge is 0.508 e. The zero-order valence-electron chi connectivity index (χ0n) is 15.1. The van der Waals surface area contributed by atoms with Crippen LogP contribution in [0.4, 0.5) is 23.7 Å². The summed E-state index contributed by atoms with van der Waals surface area (Å²) in [5, 5.41) is 12.8. The molecule has 1 fully saturated rings. The molecule has 0 aromatic heterocycles. The van der Waals surface area contributed by atoms with Crippen LogP contribution in [-0.4, -0.2) is 23.2 Å². The summed E-state index contributed by atoms with van der Waals surface area (Å²) in [4.78, 5) is 11.8. The number of benzene rings is 2. The summed E-state index contributed by atoms with van der Waals surface area (Å²) < 4.78 is 46.1. The number of rotatable bonds is 5. The van der Waals surface area contributed by atoms with Gasteiger partial charge >= 0.3 is 12.2 Å². The van der Waals surface area contributed by atoms with Crippen LogP contribution in [0.3, 0.4) is 0 Å². The Bertz CT molecular complexity index is 880. The van der Waals surface area contributed by atoms with Crippen molar-refractivity contribution in [2.45, 2.75) is 31.5 Å². The Kier molecular flexibility index (Phi) is 5.37. The number of ether oxygens (including phenoxy) is 1. The van der Waals surface area contributed by atoms with Crippen molar-refractivity contribution in [3.05, 3.63) is 53.1 Å². The predicted octanol–water partition coefficient (Wildman–Crippen LogP) is 4.20. The first kappa shape index (κ1) is 19.8. The number of alkyl halides is 3. The SMILES string of the molecule is CN(N)C(=O)Nc1cccc(C(F)(F)F)c1COc1ccc(O)cc1C1CC1. The molecule has 2 amide bonds. The summed E-state index contributed by atoms with van der Waals surface area (Å²) in [6.07, 6.45) is -2.76. The van der Waals surface area contributed by atoms with Crippen LogP contribution in [0.5, 0.6) is 11.5 Å². The van der Waals surface area contributed by atoms with Gasteiger partial charge in [-0.3, -0.25) is 5.01 Å². The first-order valence-corrected chi connectivity index (χ1v) is 8.61. The normalized spacial score (nSPS) is 13.9. The molecular weight excluding hydrogens is 375 g/mol. The number of nitrogens with two attached hydrogens (primary N) is 1. The topological polar surface area (TPSA) is 87.8 Å². The number of carbonyl (C=O) groups excluding carboxylic acids is 1. The molecule has 1 saturated carbocycles. The van der Waals surface area contributed by atoms with Gasteiger partial charge in [0, 0.05) is 23.9 Å². The van der Waals surface area contributed by atoms with Crippen LogP contribution in [-0.2, 0) is 12.8 Å². The number of phenols is 1. The molecule has 9 heteroatoms. The van der Waals surface area contributed by atoms with E-state index in [4.69, 9.17) is 10.6 Å². The number of nitrogens with one attached hydrogen (secondary N) is 1. The Morgan fingerprint density at radius 2 is 2.04 bits per heavy atom. The lowest BCUT2D eigenvalue weighted by Gasteiger charge is -2.20.